The number of halogens is 2. The topological polar surface area (TPSA) is 46.1 Å². The van der Waals surface area contributed by atoms with E-state index in [-0.39, 0.29) is 11.1 Å². The Morgan fingerprint density at radius 1 is 1.37 bits per heavy atom. The van der Waals surface area contributed by atoms with Gasteiger partial charge in [-0.1, -0.05) is 11.6 Å². The Morgan fingerprint density at radius 2 is 2.16 bits per heavy atom. The molecule has 0 spiro atoms. The normalized spacial score (nSPS) is 10.5. The molecule has 0 aliphatic carbocycles. The fourth-order valence-corrected chi connectivity index (χ4v) is 3.14. The molecule has 0 unspecified atom stereocenters. The highest BCUT2D eigenvalue weighted by atomic mass is 79.9. The van der Waals surface area contributed by atoms with E-state index in [1.165, 1.54) is 0 Å². The largest absolute Gasteiger partial charge is 0.332 e. The number of rotatable bonds is 4. The van der Waals surface area contributed by atoms with Crippen molar-refractivity contribution in [2.45, 2.75) is 13.5 Å². The molecule has 7 heteroatoms. The molecule has 0 aliphatic rings. The zero-order chi connectivity index (χ0) is 13.8. The quantitative estimate of drug-likeness (QED) is 0.836. The molecule has 2 aromatic rings. The van der Waals surface area contributed by atoms with Gasteiger partial charge < -0.3 is 4.90 Å². The monoisotopic (exact) mass is 359 g/mol. The summed E-state index contributed by atoms with van der Waals surface area (Å²) in [7, 11) is 0. The first kappa shape index (κ1) is 14.4. The zero-order valence-electron chi connectivity index (χ0n) is 10.1. The molecule has 0 bridgehead atoms. The van der Waals surface area contributed by atoms with Gasteiger partial charge in [0.05, 0.1) is 10.3 Å². The molecule has 19 heavy (non-hydrogen) atoms. The molecule has 4 nitrogen and oxygen atoms in total. The van der Waals surface area contributed by atoms with Crippen LogP contribution < -0.4 is 0 Å². The molecule has 0 fully saturated rings. The van der Waals surface area contributed by atoms with Crippen LogP contribution in [0.3, 0.4) is 0 Å². The Balaban J connectivity index is 2.12. The minimum Gasteiger partial charge on any atom is -0.332 e. The fourth-order valence-electron chi connectivity index (χ4n) is 1.54. The lowest BCUT2D eigenvalue weighted by atomic mass is 10.3. The Morgan fingerprint density at radius 3 is 2.68 bits per heavy atom. The van der Waals surface area contributed by atoms with Gasteiger partial charge in [0.15, 0.2) is 10.8 Å². The van der Waals surface area contributed by atoms with Gasteiger partial charge in [-0.2, -0.15) is 0 Å². The number of thiophene rings is 1. The fraction of sp³-hybridized carbons (Fsp3) is 0.250. The van der Waals surface area contributed by atoms with E-state index < -0.39 is 0 Å². The summed E-state index contributed by atoms with van der Waals surface area (Å²) in [6.07, 6.45) is 0. The van der Waals surface area contributed by atoms with E-state index in [0.717, 1.165) is 8.66 Å². The van der Waals surface area contributed by atoms with Crippen LogP contribution in [0.1, 0.15) is 22.3 Å². The van der Waals surface area contributed by atoms with Gasteiger partial charge in [-0.3, -0.25) is 4.79 Å². The van der Waals surface area contributed by atoms with Crippen molar-refractivity contribution in [1.29, 1.82) is 0 Å². The summed E-state index contributed by atoms with van der Waals surface area (Å²) in [5.41, 5.74) is 0.307. The van der Waals surface area contributed by atoms with E-state index in [1.807, 2.05) is 19.1 Å². The zero-order valence-corrected chi connectivity index (χ0v) is 13.3. The van der Waals surface area contributed by atoms with Crippen LogP contribution in [0.4, 0.5) is 0 Å². The third kappa shape index (κ3) is 3.75. The van der Waals surface area contributed by atoms with Gasteiger partial charge in [0.2, 0.25) is 0 Å². The number of nitrogens with zero attached hydrogens (tertiary/aromatic N) is 3. The molecule has 0 saturated carbocycles. The lowest BCUT2D eigenvalue weighted by Gasteiger charge is -2.19. The molecular formula is C12H11BrClN3OS. The molecule has 1 amide bonds. The summed E-state index contributed by atoms with van der Waals surface area (Å²) in [6.45, 7) is 3.11. The molecule has 0 radical (unpaired) electrons. The van der Waals surface area contributed by atoms with Crippen molar-refractivity contribution in [3.05, 3.63) is 43.8 Å². The second-order valence-corrected chi connectivity index (χ2v) is 6.70. The van der Waals surface area contributed by atoms with Gasteiger partial charge in [0.25, 0.3) is 5.91 Å². The molecule has 0 N–H and O–H groups in total. The van der Waals surface area contributed by atoms with Crippen molar-refractivity contribution in [3.8, 4) is 0 Å². The number of amides is 1. The van der Waals surface area contributed by atoms with Crippen molar-refractivity contribution in [2.24, 2.45) is 0 Å². The smallest absolute Gasteiger partial charge is 0.274 e. The van der Waals surface area contributed by atoms with E-state index in [1.54, 1.807) is 28.4 Å². The maximum Gasteiger partial charge on any atom is 0.274 e. The average Bonchev–Trinajstić information content (AvgIpc) is 2.81. The first-order chi connectivity index (χ1) is 9.10. The molecule has 2 aromatic heterocycles. The number of carbonyl (C=O) groups is 1. The molecule has 0 aromatic carbocycles. The SMILES string of the molecule is CCN(Cc1ccc(Br)s1)C(=O)c1ccc(Cl)nn1. The first-order valence-corrected chi connectivity index (χ1v) is 7.61. The van der Waals surface area contributed by atoms with Gasteiger partial charge >= 0.3 is 0 Å². The molecular weight excluding hydrogens is 350 g/mol. The second kappa shape index (κ2) is 6.45. The van der Waals surface area contributed by atoms with Crippen molar-refractivity contribution in [3.63, 3.8) is 0 Å². The predicted molar refractivity (Wildman–Crippen MR) is 79.5 cm³/mol. The summed E-state index contributed by atoms with van der Waals surface area (Å²) < 4.78 is 1.05. The van der Waals surface area contributed by atoms with E-state index >= 15 is 0 Å². The van der Waals surface area contributed by atoms with Gasteiger partial charge in [0, 0.05) is 11.4 Å². The molecule has 0 aliphatic heterocycles. The van der Waals surface area contributed by atoms with Crippen LogP contribution in [0.25, 0.3) is 0 Å². The van der Waals surface area contributed by atoms with Crippen molar-refractivity contribution < 1.29 is 4.79 Å². The Hall–Kier alpha value is -0.980. The van der Waals surface area contributed by atoms with Crippen molar-refractivity contribution in [2.75, 3.05) is 6.54 Å². The maximum absolute atomic E-state index is 12.3. The molecule has 2 rings (SSSR count). The molecule has 0 saturated heterocycles. The van der Waals surface area contributed by atoms with Gasteiger partial charge in [-0.25, -0.2) is 0 Å². The van der Waals surface area contributed by atoms with E-state index in [0.29, 0.717) is 18.8 Å². The third-order valence-corrected chi connectivity index (χ3v) is 4.31. The Bertz CT molecular complexity index is 573. The maximum atomic E-state index is 12.3. The van der Waals surface area contributed by atoms with Crippen LogP contribution in [0.5, 0.6) is 0 Å². The van der Waals surface area contributed by atoms with Gasteiger partial charge in [-0.05, 0) is 47.1 Å². The Labute approximate surface area is 128 Å². The summed E-state index contributed by atoms with van der Waals surface area (Å²) in [6, 6.07) is 7.13. The lowest BCUT2D eigenvalue weighted by molar-refractivity contribution is 0.0747. The third-order valence-electron chi connectivity index (χ3n) is 2.50. The summed E-state index contributed by atoms with van der Waals surface area (Å²) in [5, 5.41) is 7.79. The lowest BCUT2D eigenvalue weighted by Crippen LogP contribution is -2.30. The summed E-state index contributed by atoms with van der Waals surface area (Å²) in [4.78, 5) is 15.1. The van der Waals surface area contributed by atoms with Crippen LogP contribution in [-0.4, -0.2) is 27.5 Å². The predicted octanol–water partition coefficient (Wildman–Crippen LogP) is 3.62. The number of hydrogen-bond acceptors (Lipinski definition) is 4. The number of hydrogen-bond donors (Lipinski definition) is 0. The molecule has 0 atom stereocenters. The average molecular weight is 361 g/mol. The molecule has 2 heterocycles. The van der Waals surface area contributed by atoms with Crippen LogP contribution in [0, 0.1) is 0 Å². The molecule has 100 valence electrons. The van der Waals surface area contributed by atoms with Crippen molar-refractivity contribution in [1.82, 2.24) is 15.1 Å². The van der Waals surface area contributed by atoms with Crippen molar-refractivity contribution >= 4 is 44.8 Å². The standard InChI is InChI=1S/C12H11BrClN3OS/c1-2-17(7-8-3-5-10(13)19-8)12(18)9-4-6-11(14)16-15-9/h3-6H,2,7H2,1H3. The van der Waals surface area contributed by atoms with E-state index in [9.17, 15) is 4.79 Å². The minimum atomic E-state index is -0.142. The van der Waals surface area contributed by atoms with Gasteiger partial charge in [-0.15, -0.1) is 21.5 Å². The Kier molecular flexibility index (Phi) is 4.90. The highest BCUT2D eigenvalue weighted by Crippen LogP contribution is 2.23. The van der Waals surface area contributed by atoms with Crippen LogP contribution in [0.2, 0.25) is 5.15 Å². The number of carbonyl (C=O) groups excluding carboxylic acids is 1. The minimum absolute atomic E-state index is 0.142. The highest BCUT2D eigenvalue weighted by Gasteiger charge is 2.17. The summed E-state index contributed by atoms with van der Waals surface area (Å²) >= 11 is 10.7. The van der Waals surface area contributed by atoms with Crippen LogP contribution in [-0.2, 0) is 6.54 Å². The second-order valence-electron chi connectivity index (χ2n) is 3.77. The number of aromatic nitrogens is 2. The first-order valence-electron chi connectivity index (χ1n) is 5.63. The van der Waals surface area contributed by atoms with Gasteiger partial charge in [0.1, 0.15) is 0 Å². The summed E-state index contributed by atoms with van der Waals surface area (Å²) in [5.74, 6) is -0.142. The van der Waals surface area contributed by atoms with Crippen LogP contribution >= 0.6 is 38.9 Å². The van der Waals surface area contributed by atoms with E-state index in [2.05, 4.69) is 26.1 Å². The van der Waals surface area contributed by atoms with Crippen LogP contribution in [0.15, 0.2) is 28.1 Å². The highest BCUT2D eigenvalue weighted by molar-refractivity contribution is 9.11. The van der Waals surface area contributed by atoms with E-state index in [4.69, 9.17) is 11.6 Å².